The zero-order chi connectivity index (χ0) is 68.6. The SMILES string of the molecule is c1ccc(-c2ccc(-c3nc(-c4ccc(-c5cccc(-c6ccc7c(c6)-c6ccc(-c8cccc(-c9nc(-c%10ccc(-c%11ccccc%11)cc%10)nc(-c%10ccc(-c%11ccccc%11)cc%10)n9)c8)c8cccc-7c68)c5)cc4)nc(-c4ccc(-c5ccc6c7c(cccc57)-c5ccccc5-6)cc4)n3)cc2)cc1. The molecule has 6 nitrogen and oxygen atoms in total. The van der Waals surface area contributed by atoms with E-state index >= 15 is 0 Å². The van der Waals surface area contributed by atoms with Crippen LogP contribution in [0.1, 0.15) is 0 Å². The molecule has 0 aliphatic heterocycles. The summed E-state index contributed by atoms with van der Waals surface area (Å²) in [6, 6.07) is 130. The predicted octanol–water partition coefficient (Wildman–Crippen LogP) is 25.3. The van der Waals surface area contributed by atoms with E-state index in [1.165, 1.54) is 71.6 Å². The maximum absolute atomic E-state index is 5.23. The Bertz CT molecular complexity index is 6260. The molecule has 0 radical (unpaired) electrons. The summed E-state index contributed by atoms with van der Waals surface area (Å²) in [6.07, 6.45) is 0. The summed E-state index contributed by atoms with van der Waals surface area (Å²) in [4.78, 5) is 31.2. The minimum atomic E-state index is 0.606. The zero-order valence-electron chi connectivity index (χ0n) is 56.3. The average molecular weight is 1320 g/mol. The number of benzene rings is 16. The highest BCUT2D eigenvalue weighted by molar-refractivity contribution is 6.20. The lowest BCUT2D eigenvalue weighted by Gasteiger charge is -2.12. The van der Waals surface area contributed by atoms with Crippen LogP contribution < -0.4 is 0 Å². The van der Waals surface area contributed by atoms with Crippen LogP contribution in [0.2, 0.25) is 0 Å². The first-order valence-corrected chi connectivity index (χ1v) is 35.3. The quantitative estimate of drug-likeness (QED) is 0.114. The van der Waals surface area contributed by atoms with Crippen LogP contribution in [-0.4, -0.2) is 29.9 Å². The molecule has 0 bridgehead atoms. The molecule has 2 aliphatic carbocycles. The number of hydrogen-bond donors (Lipinski definition) is 0. The lowest BCUT2D eigenvalue weighted by atomic mass is 9.93. The van der Waals surface area contributed by atoms with Gasteiger partial charge in [0.05, 0.1) is 0 Å². The predicted molar refractivity (Wildman–Crippen MR) is 428 cm³/mol. The van der Waals surface area contributed by atoms with E-state index in [0.717, 1.165) is 106 Å². The standard InChI is InChI=1S/C98H60N6/c1-4-16-61(17-5-1)64-32-42-69(43-33-64)93-99-94(101-95(100-93)73-50-40-68(41-51-73)79-54-56-88-82-27-11-10-26-81(82)86-30-14-28-84(79)91(86)88)72-48-38-67(39-49-72)74-22-12-23-75(58-74)76-52-53-83-87-31-15-29-85-80(55-57-89(92(85)87)90(83)60-76)77-24-13-25-78(59-77)98-103-96(70-44-34-65(35-45-70)62-18-6-2-7-19-62)102-97(104-98)71-46-36-66(37-47-71)63-20-8-3-9-21-63/h1-60H. The van der Waals surface area contributed by atoms with Crippen LogP contribution in [0.25, 0.3) is 212 Å². The molecule has 104 heavy (non-hydrogen) atoms. The average Bonchev–Trinajstić information content (AvgIpc) is 1.57. The van der Waals surface area contributed by atoms with Crippen molar-refractivity contribution in [3.8, 4) is 191 Å². The first-order chi connectivity index (χ1) is 51.5. The molecule has 2 heterocycles. The fourth-order valence-corrected chi connectivity index (χ4v) is 15.5. The van der Waals surface area contributed by atoms with E-state index in [4.69, 9.17) is 29.9 Å². The van der Waals surface area contributed by atoms with Crippen molar-refractivity contribution >= 4 is 21.5 Å². The minimum absolute atomic E-state index is 0.606. The maximum Gasteiger partial charge on any atom is 0.164 e. The van der Waals surface area contributed by atoms with Crippen molar-refractivity contribution in [1.82, 2.24) is 29.9 Å². The van der Waals surface area contributed by atoms with Gasteiger partial charge in [-0.3, -0.25) is 0 Å². The van der Waals surface area contributed by atoms with Gasteiger partial charge in [0.1, 0.15) is 0 Å². The molecular formula is C98H60N6. The third-order valence-electron chi connectivity index (χ3n) is 20.8. The van der Waals surface area contributed by atoms with Gasteiger partial charge < -0.3 is 0 Å². The maximum atomic E-state index is 5.23. The zero-order valence-corrected chi connectivity index (χ0v) is 56.3. The Hall–Kier alpha value is -13.9. The van der Waals surface area contributed by atoms with E-state index in [1.54, 1.807) is 0 Å². The van der Waals surface area contributed by atoms with Crippen LogP contribution in [0.5, 0.6) is 0 Å². The summed E-state index contributed by atoms with van der Waals surface area (Å²) >= 11 is 0. The third kappa shape index (κ3) is 10.7. The molecule has 2 aromatic heterocycles. The van der Waals surface area contributed by atoms with Crippen LogP contribution in [0.15, 0.2) is 364 Å². The molecule has 0 fully saturated rings. The van der Waals surface area contributed by atoms with Gasteiger partial charge in [-0.1, -0.05) is 346 Å². The van der Waals surface area contributed by atoms with E-state index in [0.29, 0.717) is 34.9 Å². The van der Waals surface area contributed by atoms with Gasteiger partial charge in [0, 0.05) is 33.4 Å². The lowest BCUT2D eigenvalue weighted by molar-refractivity contribution is 1.07. The monoisotopic (exact) mass is 1320 g/mol. The van der Waals surface area contributed by atoms with E-state index in [9.17, 15) is 0 Å². The Morgan fingerprint density at radius 1 is 0.115 bits per heavy atom. The van der Waals surface area contributed by atoms with Crippen LogP contribution in [0.4, 0.5) is 0 Å². The van der Waals surface area contributed by atoms with Crippen molar-refractivity contribution in [2.75, 3.05) is 0 Å². The van der Waals surface area contributed by atoms with E-state index in [2.05, 4.69) is 346 Å². The Morgan fingerprint density at radius 3 is 0.779 bits per heavy atom. The van der Waals surface area contributed by atoms with Gasteiger partial charge in [0.15, 0.2) is 34.9 Å². The van der Waals surface area contributed by atoms with Crippen LogP contribution in [-0.2, 0) is 0 Å². The molecule has 0 unspecified atom stereocenters. The number of aromatic nitrogens is 6. The van der Waals surface area contributed by atoms with Crippen LogP contribution >= 0.6 is 0 Å². The molecule has 0 atom stereocenters. The molecule has 6 heteroatoms. The topological polar surface area (TPSA) is 77.3 Å². The summed E-state index contributed by atoms with van der Waals surface area (Å²) < 4.78 is 0. The number of rotatable bonds is 13. The van der Waals surface area contributed by atoms with Crippen LogP contribution in [0.3, 0.4) is 0 Å². The van der Waals surface area contributed by atoms with Crippen molar-refractivity contribution in [2.24, 2.45) is 0 Å². The highest BCUT2D eigenvalue weighted by Gasteiger charge is 2.26. The molecule has 482 valence electrons. The minimum Gasteiger partial charge on any atom is -0.208 e. The van der Waals surface area contributed by atoms with Crippen molar-refractivity contribution < 1.29 is 0 Å². The Balaban J connectivity index is 0.598. The van der Waals surface area contributed by atoms with E-state index in [1.807, 2.05) is 18.2 Å². The second kappa shape index (κ2) is 25.0. The first kappa shape index (κ1) is 60.1. The molecule has 2 aliphatic rings. The normalized spacial score (nSPS) is 11.7. The molecule has 16 aromatic carbocycles. The summed E-state index contributed by atoms with van der Waals surface area (Å²) in [5.74, 6) is 3.67. The number of nitrogens with zero attached hydrogens (tertiary/aromatic N) is 6. The molecule has 18 aromatic rings. The second-order valence-electron chi connectivity index (χ2n) is 26.8. The van der Waals surface area contributed by atoms with Crippen molar-refractivity contribution in [3.63, 3.8) is 0 Å². The highest BCUT2D eigenvalue weighted by Crippen LogP contribution is 2.52. The van der Waals surface area contributed by atoms with Crippen molar-refractivity contribution in [3.05, 3.63) is 364 Å². The number of hydrogen-bond acceptors (Lipinski definition) is 6. The molecule has 0 N–H and O–H groups in total. The van der Waals surface area contributed by atoms with Gasteiger partial charge in [-0.15, -0.1) is 0 Å². The molecule has 0 spiro atoms. The first-order valence-electron chi connectivity index (χ1n) is 35.3. The smallest absolute Gasteiger partial charge is 0.164 e. The molecule has 0 amide bonds. The van der Waals surface area contributed by atoms with Gasteiger partial charge in [-0.05, 0) is 162 Å². The van der Waals surface area contributed by atoms with Gasteiger partial charge in [-0.25, -0.2) is 29.9 Å². The van der Waals surface area contributed by atoms with Gasteiger partial charge >= 0.3 is 0 Å². The molecule has 20 rings (SSSR count). The summed E-state index contributed by atoms with van der Waals surface area (Å²) in [6.45, 7) is 0. The summed E-state index contributed by atoms with van der Waals surface area (Å²) in [5, 5.41) is 5.01. The fraction of sp³-hybridized carbons (Fsp3) is 0. The van der Waals surface area contributed by atoms with Crippen molar-refractivity contribution in [1.29, 1.82) is 0 Å². The molecular weight excluding hydrogens is 1260 g/mol. The lowest BCUT2D eigenvalue weighted by Crippen LogP contribution is -2.00. The third-order valence-corrected chi connectivity index (χ3v) is 20.8. The van der Waals surface area contributed by atoms with Crippen molar-refractivity contribution in [2.45, 2.75) is 0 Å². The molecule has 0 saturated carbocycles. The fourth-order valence-electron chi connectivity index (χ4n) is 15.5. The van der Waals surface area contributed by atoms with E-state index < -0.39 is 0 Å². The van der Waals surface area contributed by atoms with E-state index in [-0.39, 0.29) is 0 Å². The van der Waals surface area contributed by atoms with Gasteiger partial charge in [0.2, 0.25) is 0 Å². The number of fused-ring (bicyclic) bond motifs is 6. The highest BCUT2D eigenvalue weighted by atomic mass is 15.0. The van der Waals surface area contributed by atoms with Gasteiger partial charge in [0.25, 0.3) is 0 Å². The van der Waals surface area contributed by atoms with Gasteiger partial charge in [-0.2, -0.15) is 0 Å². The Labute approximate surface area is 602 Å². The molecule has 0 saturated heterocycles. The Morgan fingerprint density at radius 2 is 0.346 bits per heavy atom. The largest absolute Gasteiger partial charge is 0.208 e. The summed E-state index contributed by atoms with van der Waals surface area (Å²) in [5.41, 5.74) is 31.5. The van der Waals surface area contributed by atoms with Crippen LogP contribution in [0, 0.1) is 0 Å². The summed E-state index contributed by atoms with van der Waals surface area (Å²) in [7, 11) is 0. The Kier molecular flexibility index (Phi) is 14.5. The second-order valence-corrected chi connectivity index (χ2v) is 26.8.